The first-order valence-corrected chi connectivity index (χ1v) is 7.56. The van der Waals surface area contributed by atoms with Crippen molar-refractivity contribution in [3.63, 3.8) is 0 Å². The molecule has 1 aromatic carbocycles. The van der Waals surface area contributed by atoms with E-state index >= 15 is 0 Å². The highest BCUT2D eigenvalue weighted by Crippen LogP contribution is 2.19. The summed E-state index contributed by atoms with van der Waals surface area (Å²) in [6, 6.07) is 7.39. The molecule has 0 radical (unpaired) electrons. The summed E-state index contributed by atoms with van der Waals surface area (Å²) < 4.78 is 26.9. The zero-order chi connectivity index (χ0) is 15.5. The van der Waals surface area contributed by atoms with Gasteiger partial charge in [0.25, 0.3) is 10.0 Å². The number of sulfonamides is 1. The van der Waals surface area contributed by atoms with Crippen molar-refractivity contribution in [2.24, 2.45) is 0 Å². The third kappa shape index (κ3) is 4.12. The Bertz CT molecular complexity index is 714. The van der Waals surface area contributed by atoms with E-state index in [1.165, 1.54) is 30.3 Å². The van der Waals surface area contributed by atoms with E-state index in [1.807, 2.05) is 0 Å². The molecule has 0 unspecified atom stereocenters. The zero-order valence-electron chi connectivity index (χ0n) is 12.0. The molecule has 1 heterocycles. The molecule has 1 aromatic heterocycles. The fraction of sp³-hybridized carbons (Fsp3) is 0.167. The number of nitrogen functional groups attached to an aromatic ring is 1. The summed E-state index contributed by atoms with van der Waals surface area (Å²) in [5.74, 6) is 0.955. The summed E-state index contributed by atoms with van der Waals surface area (Å²) in [7, 11) is -0.405. The highest BCUT2D eigenvalue weighted by Gasteiger charge is 2.15. The van der Waals surface area contributed by atoms with E-state index in [1.54, 1.807) is 14.1 Å². The molecule has 0 atom stereocenters. The van der Waals surface area contributed by atoms with Crippen LogP contribution in [0.2, 0.25) is 0 Å². The fourth-order valence-corrected chi connectivity index (χ4v) is 2.58. The van der Waals surface area contributed by atoms with Crippen molar-refractivity contribution < 1.29 is 20.8 Å². The Balaban J connectivity index is 0.00000242. The van der Waals surface area contributed by atoms with E-state index in [-0.39, 0.29) is 23.1 Å². The van der Waals surface area contributed by atoms with Crippen LogP contribution in [0.3, 0.4) is 0 Å². The van der Waals surface area contributed by atoms with Crippen LogP contribution in [0.15, 0.2) is 35.2 Å². The Kier molecular flexibility index (Phi) is 5.77. The first-order chi connectivity index (χ1) is 9.94. The maximum Gasteiger partial charge on any atom is 0.263 e. The molecular weight excluding hydrogens is 328 g/mol. The number of nitrogens with one attached hydrogen (secondary N) is 3. The summed E-state index contributed by atoms with van der Waals surface area (Å²) in [4.78, 5) is 8.25. The number of rotatable bonds is 5. The summed E-state index contributed by atoms with van der Waals surface area (Å²) in [6.07, 6.45) is 0. The van der Waals surface area contributed by atoms with E-state index < -0.39 is 10.0 Å². The Morgan fingerprint density at radius 3 is 2.14 bits per heavy atom. The van der Waals surface area contributed by atoms with Crippen molar-refractivity contribution in [2.75, 3.05) is 35.2 Å². The summed E-state index contributed by atoms with van der Waals surface area (Å²) in [6.45, 7) is 0. The fourth-order valence-electron chi connectivity index (χ4n) is 1.58. The lowest BCUT2D eigenvalue weighted by Crippen LogP contribution is -3.00. The summed E-state index contributed by atoms with van der Waals surface area (Å²) in [5.41, 5.74) is 6.04. The molecule has 5 N–H and O–H groups in total. The number of nitrogens with two attached hydrogens (primary N) is 1. The van der Waals surface area contributed by atoms with Crippen LogP contribution in [0.25, 0.3) is 0 Å². The Labute approximate surface area is 135 Å². The summed E-state index contributed by atoms with van der Waals surface area (Å²) in [5, 5.41) is 5.59. The van der Waals surface area contributed by atoms with E-state index in [9.17, 15) is 8.42 Å². The van der Waals surface area contributed by atoms with Crippen molar-refractivity contribution in [1.29, 1.82) is 0 Å². The number of hydrogen-bond donors (Lipinski definition) is 4. The van der Waals surface area contributed by atoms with Gasteiger partial charge in [0.05, 0.1) is 4.90 Å². The van der Waals surface area contributed by atoms with Crippen molar-refractivity contribution in [3.05, 3.63) is 30.3 Å². The molecule has 0 bridgehead atoms. The van der Waals surface area contributed by atoms with Gasteiger partial charge >= 0.3 is 0 Å². The minimum Gasteiger partial charge on any atom is -1.00 e. The Morgan fingerprint density at radius 2 is 1.59 bits per heavy atom. The van der Waals surface area contributed by atoms with Gasteiger partial charge in [0, 0.05) is 25.8 Å². The van der Waals surface area contributed by atoms with Gasteiger partial charge in [-0.05, 0) is 24.3 Å². The van der Waals surface area contributed by atoms with Gasteiger partial charge in [-0.2, -0.15) is 9.97 Å². The molecule has 0 fully saturated rings. The van der Waals surface area contributed by atoms with Gasteiger partial charge in [-0.15, -0.1) is 0 Å². The quantitative estimate of drug-likeness (QED) is 0.461. The molecule has 2 rings (SSSR count). The van der Waals surface area contributed by atoms with Crippen molar-refractivity contribution in [2.45, 2.75) is 4.90 Å². The monoisotopic (exact) mass is 343 g/mol. The van der Waals surface area contributed by atoms with Crippen LogP contribution in [-0.2, 0) is 10.0 Å². The number of halogens is 1. The third-order valence-corrected chi connectivity index (χ3v) is 4.01. The molecular formula is C12H16ClN6O2S-. The zero-order valence-corrected chi connectivity index (χ0v) is 13.5. The second-order valence-electron chi connectivity index (χ2n) is 4.14. The van der Waals surface area contributed by atoms with E-state index in [0.717, 1.165) is 0 Å². The smallest absolute Gasteiger partial charge is 0.263 e. The predicted molar refractivity (Wildman–Crippen MR) is 82.8 cm³/mol. The molecule has 10 heteroatoms. The topological polar surface area (TPSA) is 122 Å². The first kappa shape index (κ1) is 17.8. The SMILES string of the molecule is CNc1cc(NS(=O)(=O)c2ccc(N)cc2)nc(NC)n1.[Cl-]. The van der Waals surface area contributed by atoms with E-state index in [2.05, 4.69) is 25.3 Å². The molecule has 2 aromatic rings. The molecule has 8 nitrogen and oxygen atoms in total. The number of anilines is 4. The number of benzene rings is 1. The van der Waals surface area contributed by atoms with E-state index in [0.29, 0.717) is 17.5 Å². The lowest BCUT2D eigenvalue weighted by molar-refractivity contribution is -0.00000698. The minimum absolute atomic E-state index is 0. The molecule has 0 aliphatic rings. The van der Waals surface area contributed by atoms with Crippen LogP contribution in [0.1, 0.15) is 0 Å². The largest absolute Gasteiger partial charge is 1.00 e. The molecule has 0 aliphatic carbocycles. The second kappa shape index (κ2) is 7.14. The summed E-state index contributed by atoms with van der Waals surface area (Å²) >= 11 is 0. The highest BCUT2D eigenvalue weighted by molar-refractivity contribution is 7.92. The minimum atomic E-state index is -3.73. The number of aromatic nitrogens is 2. The van der Waals surface area contributed by atoms with Crippen LogP contribution in [0.5, 0.6) is 0 Å². The van der Waals surface area contributed by atoms with Crippen molar-refractivity contribution in [1.82, 2.24) is 9.97 Å². The molecule has 0 aliphatic heterocycles. The molecule has 0 amide bonds. The van der Waals surface area contributed by atoms with Crippen molar-refractivity contribution in [3.8, 4) is 0 Å². The predicted octanol–water partition coefficient (Wildman–Crippen LogP) is -2.05. The van der Waals surface area contributed by atoms with Gasteiger partial charge in [0.1, 0.15) is 11.6 Å². The van der Waals surface area contributed by atoms with Gasteiger partial charge in [0.15, 0.2) is 0 Å². The number of hydrogen-bond acceptors (Lipinski definition) is 7. The van der Waals surface area contributed by atoms with Crippen LogP contribution < -0.4 is 33.5 Å². The van der Waals surface area contributed by atoms with Gasteiger partial charge in [-0.25, -0.2) is 8.42 Å². The maximum atomic E-state index is 12.3. The maximum absolute atomic E-state index is 12.3. The van der Waals surface area contributed by atoms with Gasteiger partial charge < -0.3 is 28.8 Å². The lowest BCUT2D eigenvalue weighted by atomic mass is 10.3. The average molecular weight is 344 g/mol. The molecule has 0 spiro atoms. The van der Waals surface area contributed by atoms with Gasteiger partial charge in [-0.3, -0.25) is 4.72 Å². The van der Waals surface area contributed by atoms with Gasteiger partial charge in [0.2, 0.25) is 5.95 Å². The Hall–Kier alpha value is -2.26. The normalized spacial score (nSPS) is 10.5. The second-order valence-corrected chi connectivity index (χ2v) is 5.82. The standard InChI is InChI=1S/C12H16N6O2S.ClH/c1-14-10-7-11(17-12(15-2)16-10)18-21(19,20)9-5-3-8(13)4-6-9;/h3-7H,13H2,1-2H3,(H3,14,15,16,17,18);1H/p-1. The number of nitrogens with zero attached hydrogens (tertiary/aromatic N) is 2. The molecule has 0 saturated carbocycles. The van der Waals surface area contributed by atoms with Crippen LogP contribution >= 0.6 is 0 Å². The van der Waals surface area contributed by atoms with Gasteiger partial charge in [-0.1, -0.05) is 0 Å². The lowest BCUT2D eigenvalue weighted by Gasteiger charge is -2.10. The first-order valence-electron chi connectivity index (χ1n) is 6.07. The molecule has 0 saturated heterocycles. The van der Waals surface area contributed by atoms with E-state index in [4.69, 9.17) is 5.73 Å². The highest BCUT2D eigenvalue weighted by atomic mass is 35.5. The molecule has 120 valence electrons. The third-order valence-electron chi connectivity index (χ3n) is 2.64. The van der Waals surface area contributed by atoms with Crippen LogP contribution in [0.4, 0.5) is 23.3 Å². The van der Waals surface area contributed by atoms with Crippen LogP contribution in [-0.4, -0.2) is 32.5 Å². The Morgan fingerprint density at radius 1 is 1.00 bits per heavy atom. The molecule has 22 heavy (non-hydrogen) atoms. The van der Waals surface area contributed by atoms with Crippen LogP contribution in [0, 0.1) is 0 Å². The van der Waals surface area contributed by atoms with Crippen molar-refractivity contribution >= 4 is 33.3 Å². The average Bonchev–Trinajstić information content (AvgIpc) is 2.46.